The van der Waals surface area contributed by atoms with Crippen LogP contribution in [0.5, 0.6) is 0 Å². The van der Waals surface area contributed by atoms with E-state index in [-0.39, 0.29) is 0 Å². The molecule has 1 aliphatic rings. The van der Waals surface area contributed by atoms with E-state index in [4.69, 9.17) is 5.73 Å². The largest absolute Gasteiger partial charge is 0.326 e. The maximum atomic E-state index is 13.7. The molecule has 0 spiro atoms. The molecule has 23 heavy (non-hydrogen) atoms. The second-order valence-corrected chi connectivity index (χ2v) is 6.11. The monoisotopic (exact) mass is 313 g/mol. The standard InChI is InChI=1S/C18H17F2N3/c19-14-7-16-17(8-15(14)20)23(18(22-16)13-5-6-13)10-12-3-1-11(9-21)2-4-12/h1-4,7-8,13H,5-6,9-10,21H2. The molecule has 0 bridgehead atoms. The summed E-state index contributed by atoms with van der Waals surface area (Å²) in [5.74, 6) is -0.360. The highest BCUT2D eigenvalue weighted by atomic mass is 19.2. The molecule has 5 heteroatoms. The number of imidazole rings is 1. The molecule has 0 atom stereocenters. The molecule has 0 unspecified atom stereocenters. The fourth-order valence-electron chi connectivity index (χ4n) is 2.92. The molecule has 118 valence electrons. The molecule has 1 aromatic heterocycles. The van der Waals surface area contributed by atoms with Crippen LogP contribution in [0, 0.1) is 11.6 Å². The van der Waals surface area contributed by atoms with Gasteiger partial charge in [-0.1, -0.05) is 24.3 Å². The van der Waals surface area contributed by atoms with E-state index in [9.17, 15) is 8.78 Å². The lowest BCUT2D eigenvalue weighted by molar-refractivity contribution is 0.510. The molecular weight excluding hydrogens is 296 g/mol. The Morgan fingerprint density at radius 3 is 2.35 bits per heavy atom. The molecule has 3 aromatic rings. The summed E-state index contributed by atoms with van der Waals surface area (Å²) in [6.45, 7) is 1.10. The Balaban J connectivity index is 1.79. The highest BCUT2D eigenvalue weighted by molar-refractivity contribution is 5.76. The third-order valence-corrected chi connectivity index (χ3v) is 4.36. The van der Waals surface area contributed by atoms with Gasteiger partial charge < -0.3 is 10.3 Å². The van der Waals surface area contributed by atoms with Crippen molar-refractivity contribution in [3.63, 3.8) is 0 Å². The van der Waals surface area contributed by atoms with E-state index >= 15 is 0 Å². The van der Waals surface area contributed by atoms with Crippen LogP contribution >= 0.6 is 0 Å². The average Bonchev–Trinajstić information content (AvgIpc) is 3.34. The number of hydrogen-bond donors (Lipinski definition) is 1. The van der Waals surface area contributed by atoms with Crippen molar-refractivity contribution in [3.05, 3.63) is 65.0 Å². The molecule has 4 rings (SSSR count). The van der Waals surface area contributed by atoms with Crippen molar-refractivity contribution in [1.82, 2.24) is 9.55 Å². The van der Waals surface area contributed by atoms with E-state index in [0.717, 1.165) is 29.8 Å². The topological polar surface area (TPSA) is 43.8 Å². The Morgan fingerprint density at radius 2 is 1.70 bits per heavy atom. The molecule has 0 radical (unpaired) electrons. The lowest BCUT2D eigenvalue weighted by Crippen LogP contribution is -2.05. The zero-order chi connectivity index (χ0) is 16.0. The zero-order valence-corrected chi connectivity index (χ0v) is 12.6. The summed E-state index contributed by atoms with van der Waals surface area (Å²) >= 11 is 0. The Labute approximate surface area is 132 Å². The third-order valence-electron chi connectivity index (χ3n) is 4.36. The van der Waals surface area contributed by atoms with Crippen molar-refractivity contribution in [2.45, 2.75) is 31.8 Å². The van der Waals surface area contributed by atoms with Gasteiger partial charge in [0.1, 0.15) is 5.82 Å². The normalized spacial score (nSPS) is 14.6. The molecule has 1 aliphatic carbocycles. The fraction of sp³-hybridized carbons (Fsp3) is 0.278. The van der Waals surface area contributed by atoms with E-state index in [1.54, 1.807) is 0 Å². The highest BCUT2D eigenvalue weighted by Crippen LogP contribution is 2.41. The van der Waals surface area contributed by atoms with E-state index in [0.29, 0.717) is 30.0 Å². The molecule has 1 heterocycles. The summed E-state index contributed by atoms with van der Waals surface area (Å²) in [7, 11) is 0. The van der Waals surface area contributed by atoms with Crippen molar-refractivity contribution in [2.75, 3.05) is 0 Å². The van der Waals surface area contributed by atoms with Crippen LogP contribution in [0.1, 0.15) is 35.7 Å². The predicted octanol–water partition coefficient (Wildman–Crippen LogP) is 3.70. The van der Waals surface area contributed by atoms with Gasteiger partial charge in [0.2, 0.25) is 0 Å². The summed E-state index contributed by atoms with van der Waals surface area (Å²) in [6, 6.07) is 10.5. The molecule has 2 aromatic carbocycles. The first-order valence-corrected chi connectivity index (χ1v) is 7.79. The van der Waals surface area contributed by atoms with Crippen molar-refractivity contribution in [2.24, 2.45) is 5.73 Å². The highest BCUT2D eigenvalue weighted by Gasteiger charge is 2.30. The number of aromatic nitrogens is 2. The predicted molar refractivity (Wildman–Crippen MR) is 85.1 cm³/mol. The zero-order valence-electron chi connectivity index (χ0n) is 12.6. The average molecular weight is 313 g/mol. The summed E-state index contributed by atoms with van der Waals surface area (Å²) in [4.78, 5) is 4.54. The number of benzene rings is 2. The summed E-state index contributed by atoms with van der Waals surface area (Å²) < 4.78 is 29.1. The number of nitrogens with zero attached hydrogens (tertiary/aromatic N) is 2. The molecular formula is C18H17F2N3. The molecule has 1 fully saturated rings. The van der Waals surface area contributed by atoms with Crippen molar-refractivity contribution in [1.29, 1.82) is 0 Å². The van der Waals surface area contributed by atoms with Gasteiger partial charge in [-0.3, -0.25) is 0 Å². The SMILES string of the molecule is NCc1ccc(Cn2c(C3CC3)nc3cc(F)c(F)cc32)cc1. The van der Waals surface area contributed by atoms with Crippen LogP contribution in [0.25, 0.3) is 11.0 Å². The van der Waals surface area contributed by atoms with E-state index < -0.39 is 11.6 Å². The number of halogens is 2. The van der Waals surface area contributed by atoms with Crippen LogP contribution in [0.15, 0.2) is 36.4 Å². The first-order chi connectivity index (χ1) is 11.2. The Morgan fingerprint density at radius 1 is 1.04 bits per heavy atom. The number of hydrogen-bond acceptors (Lipinski definition) is 2. The summed E-state index contributed by atoms with van der Waals surface area (Å²) in [5.41, 5.74) is 8.95. The van der Waals surface area contributed by atoms with Crippen LogP contribution < -0.4 is 5.73 Å². The Hall–Kier alpha value is -2.27. The van der Waals surface area contributed by atoms with Crippen LogP contribution in [-0.4, -0.2) is 9.55 Å². The van der Waals surface area contributed by atoms with Crippen LogP contribution in [-0.2, 0) is 13.1 Å². The number of nitrogens with two attached hydrogens (primary N) is 1. The first-order valence-electron chi connectivity index (χ1n) is 7.79. The van der Waals surface area contributed by atoms with Gasteiger partial charge in [0.15, 0.2) is 11.6 Å². The molecule has 0 saturated heterocycles. The van der Waals surface area contributed by atoms with Gasteiger partial charge >= 0.3 is 0 Å². The van der Waals surface area contributed by atoms with Crippen molar-refractivity contribution >= 4 is 11.0 Å². The van der Waals surface area contributed by atoms with Gasteiger partial charge in [-0.2, -0.15) is 0 Å². The number of rotatable bonds is 4. The second-order valence-electron chi connectivity index (χ2n) is 6.11. The van der Waals surface area contributed by atoms with Crippen LogP contribution in [0.4, 0.5) is 8.78 Å². The quantitative estimate of drug-likeness (QED) is 0.798. The molecule has 3 nitrogen and oxygen atoms in total. The molecule has 2 N–H and O–H groups in total. The maximum Gasteiger partial charge on any atom is 0.161 e. The van der Waals surface area contributed by atoms with E-state index in [2.05, 4.69) is 4.98 Å². The lowest BCUT2D eigenvalue weighted by Gasteiger charge is -2.10. The Kier molecular flexibility index (Phi) is 3.38. The summed E-state index contributed by atoms with van der Waals surface area (Å²) in [5, 5.41) is 0. The van der Waals surface area contributed by atoms with Crippen molar-refractivity contribution < 1.29 is 8.78 Å². The van der Waals surface area contributed by atoms with Gasteiger partial charge in [-0.15, -0.1) is 0 Å². The molecule has 0 aliphatic heterocycles. The van der Waals surface area contributed by atoms with E-state index in [1.165, 1.54) is 12.1 Å². The van der Waals surface area contributed by atoms with Crippen molar-refractivity contribution in [3.8, 4) is 0 Å². The minimum absolute atomic E-state index is 0.400. The van der Waals surface area contributed by atoms with Gasteiger partial charge in [0.25, 0.3) is 0 Å². The second kappa shape index (κ2) is 5.42. The molecule has 1 saturated carbocycles. The maximum absolute atomic E-state index is 13.7. The minimum Gasteiger partial charge on any atom is -0.326 e. The first kappa shape index (κ1) is 14.3. The smallest absolute Gasteiger partial charge is 0.161 e. The minimum atomic E-state index is -0.850. The summed E-state index contributed by atoms with van der Waals surface area (Å²) in [6.07, 6.45) is 2.17. The third kappa shape index (κ3) is 2.61. The Bertz CT molecular complexity index is 864. The van der Waals surface area contributed by atoms with Gasteiger partial charge in [-0.25, -0.2) is 13.8 Å². The number of fused-ring (bicyclic) bond motifs is 1. The van der Waals surface area contributed by atoms with E-state index in [1.807, 2.05) is 28.8 Å². The van der Waals surface area contributed by atoms with Gasteiger partial charge in [0.05, 0.1) is 11.0 Å². The van der Waals surface area contributed by atoms with Gasteiger partial charge in [-0.05, 0) is 24.0 Å². The lowest BCUT2D eigenvalue weighted by atomic mass is 10.1. The van der Waals surface area contributed by atoms with Crippen LogP contribution in [0.2, 0.25) is 0 Å². The van der Waals surface area contributed by atoms with Crippen LogP contribution in [0.3, 0.4) is 0 Å². The fourth-order valence-corrected chi connectivity index (χ4v) is 2.92. The molecule has 0 amide bonds. The van der Waals surface area contributed by atoms with Gasteiger partial charge in [0, 0.05) is 31.1 Å².